The zero-order chi connectivity index (χ0) is 53.7. The van der Waals surface area contributed by atoms with Crippen LogP contribution in [0.3, 0.4) is 0 Å². The Hall–Kier alpha value is -7.01. The Balaban J connectivity index is 0.000000160. The molecule has 13 rings (SSSR count). The van der Waals surface area contributed by atoms with Crippen molar-refractivity contribution >= 4 is 57.0 Å². The summed E-state index contributed by atoms with van der Waals surface area (Å²) in [5.41, 5.74) is 4.09. The van der Waals surface area contributed by atoms with Gasteiger partial charge in [-0.15, -0.1) is 6.42 Å². The lowest BCUT2D eigenvalue weighted by molar-refractivity contribution is -0.136. The Labute approximate surface area is 451 Å². The van der Waals surface area contributed by atoms with Crippen LogP contribution in [0.2, 0.25) is 0 Å². The third kappa shape index (κ3) is 9.74. The standard InChI is InChI=1S/C34H33F2N5O2.C25H32N4O6/c1-2-23-25(35)11-9-21-7-3-8-24(27(21)23)30-29(36)31-28-26(37-30)12-10-22-19-42-18-6-17-41(22)32(28)39-33(38-31)43-20-34-13-4-15-40(34)16-5-14-34;1-34-25(33)28-12-8-19(9-13-28)35-18-6-10-27(11-7-18)17-3-2-16-15-29(24(32)20(16)14-17)21-4-5-22(30)26-23(21)31/h1,3,7-9,11,22H,4-6,10,12-20H2;2-3,14,18-19,21H,4-13,15H2,1H3,(H,26,30,31). The highest BCUT2D eigenvalue weighted by Gasteiger charge is 2.45. The first kappa shape index (κ1) is 51.7. The minimum absolute atomic E-state index is 0.00280. The van der Waals surface area contributed by atoms with E-state index in [4.69, 9.17) is 40.3 Å². The summed E-state index contributed by atoms with van der Waals surface area (Å²) in [4.78, 5) is 73.5. The lowest BCUT2D eigenvalue weighted by Crippen LogP contribution is -2.52. The molecule has 0 spiro atoms. The van der Waals surface area contributed by atoms with Gasteiger partial charge in [-0.25, -0.2) is 18.6 Å². The van der Waals surface area contributed by atoms with Gasteiger partial charge in [-0.1, -0.05) is 36.3 Å². The Bertz CT molecular complexity index is 3220. The van der Waals surface area contributed by atoms with E-state index in [2.05, 4.69) is 25.9 Å². The fraction of sp³-hybridized carbons (Fsp3) is 0.508. The minimum Gasteiger partial charge on any atom is -0.461 e. The molecule has 5 aromatic rings. The number of nitrogens with zero attached hydrogens (tertiary/aromatic N) is 8. The number of aromatic nitrogens is 3. The Morgan fingerprint density at radius 3 is 2.38 bits per heavy atom. The van der Waals surface area contributed by atoms with Crippen LogP contribution in [0, 0.1) is 24.0 Å². The van der Waals surface area contributed by atoms with Gasteiger partial charge in [0.1, 0.15) is 35.5 Å². The number of benzene rings is 3. The van der Waals surface area contributed by atoms with Crippen molar-refractivity contribution in [1.82, 2.24) is 35.0 Å². The zero-order valence-electron chi connectivity index (χ0n) is 44.1. The van der Waals surface area contributed by atoms with Crippen molar-refractivity contribution in [3.8, 4) is 29.6 Å². The highest BCUT2D eigenvalue weighted by molar-refractivity contribution is 6.06. The quantitative estimate of drug-likeness (QED) is 0.121. The van der Waals surface area contributed by atoms with E-state index in [1.807, 2.05) is 30.3 Å². The number of ether oxygens (including phenoxy) is 4. The van der Waals surface area contributed by atoms with Crippen LogP contribution in [0.25, 0.3) is 32.9 Å². The van der Waals surface area contributed by atoms with Crippen LogP contribution in [0.15, 0.2) is 48.5 Å². The molecule has 6 saturated heterocycles. The van der Waals surface area contributed by atoms with E-state index in [0.717, 1.165) is 108 Å². The first-order valence-corrected chi connectivity index (χ1v) is 27.8. The molecule has 0 radical (unpaired) electrons. The highest BCUT2D eigenvalue weighted by Crippen LogP contribution is 2.43. The molecule has 3 aromatic carbocycles. The molecule has 78 heavy (non-hydrogen) atoms. The van der Waals surface area contributed by atoms with Gasteiger partial charge in [0.2, 0.25) is 11.8 Å². The number of terminal acetylenes is 1. The number of hydrogen-bond acceptors (Lipinski definition) is 14. The second-order valence-corrected chi connectivity index (χ2v) is 22.0. The highest BCUT2D eigenvalue weighted by atomic mass is 19.1. The van der Waals surface area contributed by atoms with E-state index in [9.17, 15) is 23.6 Å². The summed E-state index contributed by atoms with van der Waals surface area (Å²) in [6.45, 7) is 8.03. The van der Waals surface area contributed by atoms with E-state index in [0.29, 0.717) is 91.1 Å². The first-order valence-electron chi connectivity index (χ1n) is 27.8. The smallest absolute Gasteiger partial charge is 0.409 e. The topological polar surface area (TPSA) is 172 Å². The number of pyridine rings is 1. The number of piperidine rings is 3. The van der Waals surface area contributed by atoms with Gasteiger partial charge in [0.05, 0.1) is 54.1 Å². The monoisotopic (exact) mass is 1070 g/mol. The molecule has 6 fully saturated rings. The number of anilines is 2. The third-order valence-electron chi connectivity index (χ3n) is 17.5. The number of imide groups is 1. The molecule has 17 nitrogen and oxygen atoms in total. The van der Waals surface area contributed by atoms with Crippen LogP contribution in [0.4, 0.5) is 25.1 Å². The lowest BCUT2D eigenvalue weighted by atomic mass is 9.95. The van der Waals surface area contributed by atoms with E-state index in [1.54, 1.807) is 21.9 Å². The van der Waals surface area contributed by atoms with Crippen molar-refractivity contribution in [2.24, 2.45) is 0 Å². The van der Waals surface area contributed by atoms with Crippen LogP contribution >= 0.6 is 0 Å². The van der Waals surface area contributed by atoms with Crippen molar-refractivity contribution in [3.63, 3.8) is 0 Å². The van der Waals surface area contributed by atoms with Gasteiger partial charge >= 0.3 is 12.1 Å². The predicted octanol–water partition coefficient (Wildman–Crippen LogP) is 7.32. The summed E-state index contributed by atoms with van der Waals surface area (Å²) in [5, 5.41) is 4.14. The molecule has 408 valence electrons. The molecule has 2 aromatic heterocycles. The summed E-state index contributed by atoms with van der Waals surface area (Å²) in [6.07, 6.45) is 16.6. The summed E-state index contributed by atoms with van der Waals surface area (Å²) in [6, 6.07) is 14.0. The molecule has 8 aliphatic heterocycles. The average Bonchev–Trinajstić information content (AvgIpc) is 4.22. The molecule has 8 aliphatic rings. The number of aryl methyl sites for hydroxylation is 1. The third-order valence-corrected chi connectivity index (χ3v) is 17.5. The maximum Gasteiger partial charge on any atom is 0.409 e. The van der Waals surface area contributed by atoms with E-state index < -0.39 is 17.7 Å². The first-order chi connectivity index (χ1) is 38.0. The molecule has 2 atom stereocenters. The van der Waals surface area contributed by atoms with Gasteiger partial charge in [0.25, 0.3) is 5.91 Å². The van der Waals surface area contributed by atoms with E-state index >= 15 is 4.39 Å². The molecule has 0 aliphatic carbocycles. The Kier molecular flexibility index (Phi) is 14.4. The van der Waals surface area contributed by atoms with Gasteiger partial charge in [0.15, 0.2) is 5.82 Å². The molecule has 10 heterocycles. The number of rotatable bonds is 8. The van der Waals surface area contributed by atoms with Crippen molar-refractivity contribution in [2.75, 3.05) is 82.5 Å². The normalized spacial score (nSPS) is 22.5. The van der Waals surface area contributed by atoms with Crippen molar-refractivity contribution in [3.05, 3.63) is 82.5 Å². The SMILES string of the molecule is C#Cc1c(F)ccc2cccc(-c3nc4c5c(nc(OCC67CCCN6CCC7)nc5c3F)N3CCCOCC3CC4)c12.COC(=O)N1CCC(OC2CCN(c3ccc4c(c3)C(=O)N(C3CCC(=O)NC3=O)C4)CC2)CC1. The number of nitrogens with one attached hydrogen (secondary N) is 1. The molecule has 2 unspecified atom stereocenters. The maximum absolute atomic E-state index is 16.9. The van der Waals surface area contributed by atoms with E-state index in [1.165, 1.54) is 13.2 Å². The van der Waals surface area contributed by atoms with Crippen LogP contribution in [0.1, 0.15) is 104 Å². The molecule has 0 saturated carbocycles. The van der Waals surface area contributed by atoms with Crippen molar-refractivity contribution in [1.29, 1.82) is 0 Å². The number of likely N-dealkylation sites (tertiary alicyclic amines) is 1. The van der Waals surface area contributed by atoms with Crippen molar-refractivity contribution in [2.45, 2.75) is 120 Å². The summed E-state index contributed by atoms with van der Waals surface area (Å²) in [7, 11) is 1.41. The van der Waals surface area contributed by atoms with Crippen LogP contribution in [-0.4, -0.2) is 156 Å². The van der Waals surface area contributed by atoms with Gasteiger partial charge in [-0.3, -0.25) is 24.6 Å². The number of carbonyl (C=O) groups is 4. The fourth-order valence-electron chi connectivity index (χ4n) is 13.4. The van der Waals surface area contributed by atoms with Crippen molar-refractivity contribution < 1.29 is 46.9 Å². The van der Waals surface area contributed by atoms with Gasteiger partial charge in [-0.2, -0.15) is 9.97 Å². The second-order valence-electron chi connectivity index (χ2n) is 22.0. The number of carbonyl (C=O) groups excluding carboxylic acids is 4. The van der Waals surface area contributed by atoms with E-state index in [-0.39, 0.29) is 76.8 Å². The lowest BCUT2D eigenvalue weighted by Gasteiger charge is -2.37. The second kappa shape index (κ2) is 21.7. The summed E-state index contributed by atoms with van der Waals surface area (Å²) in [5.74, 6) is 1.21. The Morgan fingerprint density at radius 1 is 0.846 bits per heavy atom. The molecular weight excluding hydrogens is 1000 g/mol. The number of halogens is 2. The van der Waals surface area contributed by atoms with Crippen LogP contribution < -0.4 is 19.9 Å². The van der Waals surface area contributed by atoms with Crippen LogP contribution in [-0.2, 0) is 36.8 Å². The largest absolute Gasteiger partial charge is 0.461 e. The fourth-order valence-corrected chi connectivity index (χ4v) is 13.4. The molecule has 4 amide bonds. The Morgan fingerprint density at radius 2 is 1.63 bits per heavy atom. The average molecular weight is 1070 g/mol. The zero-order valence-corrected chi connectivity index (χ0v) is 44.1. The molecule has 19 heteroatoms. The summed E-state index contributed by atoms with van der Waals surface area (Å²) >= 11 is 0. The van der Waals surface area contributed by atoms with Gasteiger partial charge < -0.3 is 38.5 Å². The number of methoxy groups -OCH3 is 1. The van der Waals surface area contributed by atoms with Gasteiger partial charge in [0, 0.05) is 74.5 Å². The number of amides is 4. The van der Waals surface area contributed by atoms with Gasteiger partial charge in [-0.05, 0) is 119 Å². The molecule has 0 bridgehead atoms. The summed E-state index contributed by atoms with van der Waals surface area (Å²) < 4.78 is 55.3. The minimum atomic E-state index is -0.594. The molecule has 1 N–H and O–H groups in total. The number of hydrogen-bond donors (Lipinski definition) is 1. The molecular formula is C59H65F2N9O8. The number of fused-ring (bicyclic) bond motifs is 5. The predicted molar refractivity (Wildman–Crippen MR) is 287 cm³/mol. The maximum atomic E-state index is 16.9. The van der Waals surface area contributed by atoms with Crippen LogP contribution in [0.5, 0.6) is 6.01 Å².